The standard InChI is InChI=1S/C38H58N6O9/c1-2-34-32(4-3-12-39-34)11-23-52-28-30-5-7-31(8-6-30)29-53-33-9-13-44(14-10-33)35(45)24-40-15-17-41(25-36(46)47)19-21-43(27-38(50)51)22-20-42(18-16-40)26-37(48)49/h2-4,11-12,23,30-31,33H,1,5-10,13-22,24-29H2,(H,46,47)(H,48,49)(H,50,51)/b23-11+. The second-order valence-electron chi connectivity index (χ2n) is 14.4. The molecule has 3 heterocycles. The van der Waals surface area contributed by atoms with Gasteiger partial charge in [0, 0.05) is 83.8 Å². The Hall–Kier alpha value is -3.89. The summed E-state index contributed by atoms with van der Waals surface area (Å²) < 4.78 is 12.2. The van der Waals surface area contributed by atoms with Gasteiger partial charge in [-0.2, -0.15) is 0 Å². The van der Waals surface area contributed by atoms with E-state index in [0.29, 0.717) is 83.9 Å². The SMILES string of the molecule is C=Cc1ncccc1/C=C/OCC1CCC(COC2CCN(C(=O)CN3CCN(CC(=O)O)CCN(CC(=O)O)CCN(CC(=O)O)CC3)CC2)CC1. The lowest BCUT2D eigenvalue weighted by Gasteiger charge is -2.36. The number of likely N-dealkylation sites (tertiary alicyclic amines) is 1. The van der Waals surface area contributed by atoms with Gasteiger partial charge in [0.15, 0.2) is 0 Å². The van der Waals surface area contributed by atoms with Crippen molar-refractivity contribution in [2.75, 3.05) is 105 Å². The largest absolute Gasteiger partial charge is 0.501 e. The molecule has 0 aromatic carbocycles. The van der Waals surface area contributed by atoms with Crippen molar-refractivity contribution < 1.29 is 44.0 Å². The van der Waals surface area contributed by atoms with Crippen molar-refractivity contribution in [3.63, 3.8) is 0 Å². The Labute approximate surface area is 312 Å². The number of carboxylic acid groups (broad SMARTS) is 3. The monoisotopic (exact) mass is 742 g/mol. The van der Waals surface area contributed by atoms with E-state index in [-0.39, 0.29) is 38.2 Å². The molecule has 1 aromatic rings. The molecule has 0 unspecified atom stereocenters. The van der Waals surface area contributed by atoms with Crippen LogP contribution in [0.2, 0.25) is 0 Å². The van der Waals surface area contributed by atoms with Crippen LogP contribution in [-0.2, 0) is 28.7 Å². The lowest BCUT2D eigenvalue weighted by molar-refractivity contribution is -0.141. The topological polar surface area (TPSA) is 177 Å². The van der Waals surface area contributed by atoms with Gasteiger partial charge in [-0.25, -0.2) is 0 Å². The quantitative estimate of drug-likeness (QED) is 0.210. The highest BCUT2D eigenvalue weighted by Gasteiger charge is 2.28. The second kappa shape index (κ2) is 22.4. The van der Waals surface area contributed by atoms with Crippen LogP contribution >= 0.6 is 0 Å². The maximum absolute atomic E-state index is 13.5. The third-order valence-corrected chi connectivity index (χ3v) is 10.4. The third kappa shape index (κ3) is 15.5. The molecule has 1 amide bonds. The Bertz CT molecular complexity index is 1330. The first kappa shape index (κ1) is 41.9. The van der Waals surface area contributed by atoms with E-state index in [9.17, 15) is 34.5 Å². The maximum atomic E-state index is 13.5. The van der Waals surface area contributed by atoms with Crippen LogP contribution in [0, 0.1) is 11.8 Å². The number of carbonyl (C=O) groups is 4. The Morgan fingerprint density at radius 1 is 0.698 bits per heavy atom. The predicted molar refractivity (Wildman–Crippen MR) is 199 cm³/mol. The minimum absolute atomic E-state index is 0.00489. The van der Waals surface area contributed by atoms with Crippen LogP contribution in [0.3, 0.4) is 0 Å². The summed E-state index contributed by atoms with van der Waals surface area (Å²) in [4.78, 5) is 61.4. The molecule has 0 bridgehead atoms. The number of aliphatic carboxylic acids is 3. The van der Waals surface area contributed by atoms with Gasteiger partial charge in [-0.15, -0.1) is 0 Å². The van der Waals surface area contributed by atoms with Crippen LogP contribution in [0.25, 0.3) is 12.2 Å². The smallest absolute Gasteiger partial charge is 0.317 e. The number of pyridine rings is 1. The van der Waals surface area contributed by atoms with Crippen LogP contribution in [-0.4, -0.2) is 180 Å². The van der Waals surface area contributed by atoms with E-state index in [0.717, 1.165) is 56.4 Å². The number of piperidine rings is 1. The molecule has 3 N–H and O–H groups in total. The minimum Gasteiger partial charge on any atom is -0.501 e. The molecule has 0 spiro atoms. The summed E-state index contributed by atoms with van der Waals surface area (Å²) in [6.45, 7) is 8.95. The number of amides is 1. The number of carboxylic acids is 3. The molecule has 15 heteroatoms. The highest BCUT2D eigenvalue weighted by molar-refractivity contribution is 5.78. The fraction of sp³-hybridized carbons (Fsp3) is 0.658. The molecule has 1 aliphatic carbocycles. The average Bonchev–Trinajstić information content (AvgIpc) is 3.13. The summed E-state index contributed by atoms with van der Waals surface area (Å²) in [5.41, 5.74) is 1.82. The molecule has 1 saturated carbocycles. The van der Waals surface area contributed by atoms with Crippen molar-refractivity contribution in [1.82, 2.24) is 29.5 Å². The van der Waals surface area contributed by atoms with Gasteiger partial charge in [-0.1, -0.05) is 12.6 Å². The molecule has 4 rings (SSSR count). The van der Waals surface area contributed by atoms with Crippen molar-refractivity contribution in [3.8, 4) is 0 Å². The molecule has 15 nitrogen and oxygen atoms in total. The molecule has 3 fully saturated rings. The summed E-state index contributed by atoms with van der Waals surface area (Å²) in [6.07, 6.45) is 13.3. The molecule has 2 aliphatic heterocycles. The molecule has 0 atom stereocenters. The zero-order valence-electron chi connectivity index (χ0n) is 30.9. The molecule has 2 saturated heterocycles. The van der Waals surface area contributed by atoms with Crippen LogP contribution in [0.1, 0.15) is 49.8 Å². The number of aromatic nitrogens is 1. The predicted octanol–water partition coefficient (Wildman–Crippen LogP) is 2.00. The average molecular weight is 743 g/mol. The zero-order chi connectivity index (χ0) is 38.0. The fourth-order valence-electron chi connectivity index (χ4n) is 7.24. The highest BCUT2D eigenvalue weighted by atomic mass is 16.5. The molecule has 294 valence electrons. The van der Waals surface area contributed by atoms with Gasteiger partial charge >= 0.3 is 17.9 Å². The lowest BCUT2D eigenvalue weighted by Crippen LogP contribution is -2.51. The number of hydrogen-bond donors (Lipinski definition) is 3. The van der Waals surface area contributed by atoms with Crippen molar-refractivity contribution in [3.05, 3.63) is 42.4 Å². The van der Waals surface area contributed by atoms with Crippen molar-refractivity contribution in [2.45, 2.75) is 44.6 Å². The van der Waals surface area contributed by atoms with Gasteiger partial charge in [-0.05, 0) is 68.6 Å². The van der Waals surface area contributed by atoms with Crippen LogP contribution in [0.15, 0.2) is 31.2 Å². The van der Waals surface area contributed by atoms with E-state index < -0.39 is 17.9 Å². The van der Waals surface area contributed by atoms with Crippen molar-refractivity contribution >= 4 is 36.0 Å². The number of ether oxygens (including phenoxy) is 2. The molecule has 1 aromatic heterocycles. The first-order valence-electron chi connectivity index (χ1n) is 18.9. The summed E-state index contributed by atoms with van der Waals surface area (Å²) in [5.74, 6) is -1.90. The molecular weight excluding hydrogens is 684 g/mol. The van der Waals surface area contributed by atoms with E-state index in [1.165, 1.54) is 0 Å². The number of rotatable bonds is 16. The summed E-state index contributed by atoms with van der Waals surface area (Å²) in [6, 6.07) is 3.88. The Morgan fingerprint density at radius 2 is 1.17 bits per heavy atom. The Kier molecular flexibility index (Phi) is 17.7. The van der Waals surface area contributed by atoms with E-state index in [1.807, 2.05) is 28.0 Å². The summed E-state index contributed by atoms with van der Waals surface area (Å²) in [7, 11) is 0. The highest BCUT2D eigenvalue weighted by Crippen LogP contribution is 2.30. The molecule has 0 radical (unpaired) electrons. The van der Waals surface area contributed by atoms with Crippen LogP contribution < -0.4 is 0 Å². The van der Waals surface area contributed by atoms with E-state index in [2.05, 4.69) is 11.6 Å². The first-order valence-corrected chi connectivity index (χ1v) is 18.9. The Morgan fingerprint density at radius 3 is 1.64 bits per heavy atom. The van der Waals surface area contributed by atoms with Crippen LogP contribution in [0.4, 0.5) is 0 Å². The van der Waals surface area contributed by atoms with E-state index in [1.54, 1.807) is 33.2 Å². The van der Waals surface area contributed by atoms with Gasteiger partial charge in [0.1, 0.15) is 0 Å². The van der Waals surface area contributed by atoms with Gasteiger partial charge in [0.2, 0.25) is 5.91 Å². The normalized spacial score (nSPS) is 22.5. The summed E-state index contributed by atoms with van der Waals surface area (Å²) >= 11 is 0. The van der Waals surface area contributed by atoms with Gasteiger partial charge < -0.3 is 29.7 Å². The van der Waals surface area contributed by atoms with Crippen LogP contribution in [0.5, 0.6) is 0 Å². The molecular formula is C38H58N6O9. The first-order chi connectivity index (χ1) is 25.6. The van der Waals surface area contributed by atoms with Gasteiger partial charge in [-0.3, -0.25) is 43.8 Å². The van der Waals surface area contributed by atoms with E-state index in [4.69, 9.17) is 9.47 Å². The van der Waals surface area contributed by atoms with Crippen molar-refractivity contribution in [2.24, 2.45) is 11.8 Å². The summed E-state index contributed by atoms with van der Waals surface area (Å²) in [5, 5.41) is 28.3. The van der Waals surface area contributed by atoms with Gasteiger partial charge in [0.25, 0.3) is 0 Å². The maximum Gasteiger partial charge on any atom is 0.317 e. The fourth-order valence-corrected chi connectivity index (χ4v) is 7.24. The minimum atomic E-state index is -0.999. The second-order valence-corrected chi connectivity index (χ2v) is 14.4. The third-order valence-electron chi connectivity index (χ3n) is 10.4. The number of nitrogens with zero attached hydrogens (tertiary/aromatic N) is 6. The molecule has 53 heavy (non-hydrogen) atoms. The van der Waals surface area contributed by atoms with Crippen molar-refractivity contribution in [1.29, 1.82) is 0 Å². The molecule has 3 aliphatic rings. The van der Waals surface area contributed by atoms with Gasteiger partial charge in [0.05, 0.1) is 50.8 Å². The number of hydrogen-bond acceptors (Lipinski definition) is 11. The Balaban J connectivity index is 1.18. The lowest BCUT2D eigenvalue weighted by atomic mass is 9.83. The zero-order valence-corrected chi connectivity index (χ0v) is 30.9. The van der Waals surface area contributed by atoms with E-state index >= 15 is 0 Å². The number of carbonyl (C=O) groups excluding carboxylic acids is 1.